The van der Waals surface area contributed by atoms with E-state index in [1.165, 1.54) is 29.0 Å². The Morgan fingerprint density at radius 2 is 2.26 bits per heavy atom. The summed E-state index contributed by atoms with van der Waals surface area (Å²) in [5.74, 6) is 0. The monoisotopic (exact) mass is 356 g/mol. The van der Waals surface area contributed by atoms with Crippen molar-refractivity contribution in [3.05, 3.63) is 48.8 Å². The molecule has 1 aliphatic rings. The molecular weight excluding hydrogens is 344 g/mol. The van der Waals surface area contributed by atoms with Crippen LogP contribution in [0.5, 0.6) is 0 Å². The van der Waals surface area contributed by atoms with Crippen molar-refractivity contribution in [2.24, 2.45) is 0 Å². The molecule has 1 N–H and O–H groups in total. The van der Waals surface area contributed by atoms with Crippen molar-refractivity contribution in [2.45, 2.75) is 25.3 Å². The van der Waals surface area contributed by atoms with Crippen LogP contribution in [0.1, 0.15) is 33.6 Å². The Labute approximate surface area is 130 Å². The van der Waals surface area contributed by atoms with Crippen LogP contribution in [0.15, 0.2) is 22.7 Å². The van der Waals surface area contributed by atoms with E-state index in [1.807, 2.05) is 24.5 Å². The fourth-order valence-electron chi connectivity index (χ4n) is 2.46. The molecule has 1 unspecified atom stereocenters. The van der Waals surface area contributed by atoms with Crippen molar-refractivity contribution >= 4 is 38.9 Å². The van der Waals surface area contributed by atoms with E-state index < -0.39 is 0 Å². The van der Waals surface area contributed by atoms with Gasteiger partial charge in [0.25, 0.3) is 0 Å². The van der Waals surface area contributed by atoms with Crippen LogP contribution in [0.4, 0.5) is 0 Å². The van der Waals surface area contributed by atoms with Crippen molar-refractivity contribution in [2.75, 3.05) is 7.05 Å². The quantitative estimate of drug-likeness (QED) is 0.883. The second-order valence-electron chi connectivity index (χ2n) is 4.67. The van der Waals surface area contributed by atoms with Crippen molar-refractivity contribution in [1.82, 2.24) is 10.3 Å². The lowest BCUT2D eigenvalue weighted by Crippen LogP contribution is -2.17. The van der Waals surface area contributed by atoms with E-state index in [1.54, 1.807) is 0 Å². The van der Waals surface area contributed by atoms with Crippen LogP contribution in [0, 0.1) is 0 Å². The smallest absolute Gasteiger partial charge is 0.115 e. The SMILES string of the molecule is CNC(c1ccc(Cl)c(Br)c1)c1nc2c(s1)CCC2. The number of halogens is 2. The number of rotatable bonds is 3. The number of thiazole rings is 1. The molecule has 1 aliphatic carbocycles. The fourth-order valence-corrected chi connectivity index (χ4v) is 4.26. The molecule has 0 saturated carbocycles. The third kappa shape index (κ3) is 2.59. The topological polar surface area (TPSA) is 24.9 Å². The van der Waals surface area contributed by atoms with E-state index in [-0.39, 0.29) is 6.04 Å². The number of nitrogens with one attached hydrogen (secondary N) is 1. The summed E-state index contributed by atoms with van der Waals surface area (Å²) in [6.07, 6.45) is 3.57. The molecular formula is C14H14BrClN2S. The van der Waals surface area contributed by atoms with Crippen LogP contribution in [-0.2, 0) is 12.8 Å². The molecule has 0 bridgehead atoms. The Bertz CT molecular complexity index is 590. The molecule has 5 heteroatoms. The molecule has 1 heterocycles. The third-order valence-electron chi connectivity index (χ3n) is 3.42. The number of benzene rings is 1. The number of nitrogens with zero attached hydrogens (tertiary/aromatic N) is 1. The minimum atomic E-state index is 0.143. The summed E-state index contributed by atoms with van der Waals surface area (Å²) in [7, 11) is 1.97. The number of aromatic nitrogens is 1. The maximum atomic E-state index is 6.06. The predicted molar refractivity (Wildman–Crippen MR) is 84.2 cm³/mol. The zero-order valence-electron chi connectivity index (χ0n) is 10.5. The lowest BCUT2D eigenvalue weighted by Gasteiger charge is -2.14. The molecule has 1 aromatic heterocycles. The lowest BCUT2D eigenvalue weighted by atomic mass is 10.1. The van der Waals surface area contributed by atoms with Crippen molar-refractivity contribution < 1.29 is 0 Å². The maximum absolute atomic E-state index is 6.06. The van der Waals surface area contributed by atoms with Gasteiger partial charge in [-0.25, -0.2) is 4.98 Å². The second kappa shape index (κ2) is 5.52. The van der Waals surface area contributed by atoms with Gasteiger partial charge in [0.15, 0.2) is 0 Å². The second-order valence-corrected chi connectivity index (χ2v) is 7.05. The van der Waals surface area contributed by atoms with E-state index in [4.69, 9.17) is 16.6 Å². The standard InChI is InChI=1S/C14H14BrClN2S/c1-17-13(8-5-6-10(16)9(15)7-8)14-18-11-3-2-4-12(11)19-14/h5-7,13,17H,2-4H2,1H3. The summed E-state index contributed by atoms with van der Waals surface area (Å²) in [6.45, 7) is 0. The Morgan fingerprint density at radius 3 is 2.95 bits per heavy atom. The molecule has 3 rings (SSSR count). The predicted octanol–water partition coefficient (Wildman–Crippen LogP) is 4.36. The molecule has 0 saturated heterocycles. The van der Waals surface area contributed by atoms with Gasteiger partial charge in [0.1, 0.15) is 5.01 Å². The van der Waals surface area contributed by atoms with Crippen LogP contribution in [-0.4, -0.2) is 12.0 Å². The van der Waals surface area contributed by atoms with Gasteiger partial charge in [-0.05, 0) is 59.9 Å². The number of hydrogen-bond acceptors (Lipinski definition) is 3. The van der Waals surface area contributed by atoms with E-state index in [0.29, 0.717) is 0 Å². The van der Waals surface area contributed by atoms with E-state index in [9.17, 15) is 0 Å². The first-order valence-electron chi connectivity index (χ1n) is 6.29. The Hall–Kier alpha value is -0.420. The summed E-state index contributed by atoms with van der Waals surface area (Å²) < 4.78 is 0.927. The molecule has 19 heavy (non-hydrogen) atoms. The minimum absolute atomic E-state index is 0.143. The highest BCUT2D eigenvalue weighted by Crippen LogP contribution is 2.34. The van der Waals surface area contributed by atoms with Gasteiger partial charge < -0.3 is 5.32 Å². The Kier molecular flexibility index (Phi) is 3.94. The average Bonchev–Trinajstić information content (AvgIpc) is 2.95. The summed E-state index contributed by atoms with van der Waals surface area (Å²) in [4.78, 5) is 6.26. The zero-order valence-corrected chi connectivity index (χ0v) is 13.7. The molecule has 0 spiro atoms. The van der Waals surface area contributed by atoms with Gasteiger partial charge in [-0.15, -0.1) is 11.3 Å². The Balaban J connectivity index is 1.96. The first kappa shape index (κ1) is 13.6. The summed E-state index contributed by atoms with van der Waals surface area (Å²) >= 11 is 11.4. The Morgan fingerprint density at radius 1 is 1.42 bits per heavy atom. The van der Waals surface area contributed by atoms with Crippen LogP contribution < -0.4 is 5.32 Å². The number of fused-ring (bicyclic) bond motifs is 1. The summed E-state index contributed by atoms with van der Waals surface area (Å²) in [6, 6.07) is 6.19. The van der Waals surface area contributed by atoms with Crippen LogP contribution in [0.25, 0.3) is 0 Å². The fraction of sp³-hybridized carbons (Fsp3) is 0.357. The van der Waals surface area contributed by atoms with Crippen LogP contribution in [0.3, 0.4) is 0 Å². The highest BCUT2D eigenvalue weighted by Gasteiger charge is 2.22. The van der Waals surface area contributed by atoms with Gasteiger partial charge in [-0.1, -0.05) is 17.7 Å². The van der Waals surface area contributed by atoms with Crippen LogP contribution in [0.2, 0.25) is 5.02 Å². The van der Waals surface area contributed by atoms with Gasteiger partial charge in [0.05, 0.1) is 16.8 Å². The van der Waals surface area contributed by atoms with Crippen LogP contribution >= 0.6 is 38.9 Å². The van der Waals surface area contributed by atoms with Crippen molar-refractivity contribution in [1.29, 1.82) is 0 Å². The molecule has 1 atom stereocenters. The largest absolute Gasteiger partial charge is 0.307 e. The molecule has 2 aromatic rings. The van der Waals surface area contributed by atoms with Crippen molar-refractivity contribution in [3.8, 4) is 0 Å². The zero-order chi connectivity index (χ0) is 13.4. The minimum Gasteiger partial charge on any atom is -0.307 e. The van der Waals surface area contributed by atoms with Crippen molar-refractivity contribution in [3.63, 3.8) is 0 Å². The summed E-state index contributed by atoms with van der Waals surface area (Å²) in [5.41, 5.74) is 2.49. The lowest BCUT2D eigenvalue weighted by molar-refractivity contribution is 0.682. The first-order chi connectivity index (χ1) is 9.19. The molecule has 1 aromatic carbocycles. The molecule has 2 nitrogen and oxygen atoms in total. The molecule has 0 aliphatic heterocycles. The average molecular weight is 358 g/mol. The van der Waals surface area contributed by atoms with Gasteiger partial charge in [0, 0.05) is 9.35 Å². The highest BCUT2D eigenvalue weighted by atomic mass is 79.9. The van der Waals surface area contributed by atoms with Gasteiger partial charge in [0.2, 0.25) is 0 Å². The van der Waals surface area contributed by atoms with E-state index >= 15 is 0 Å². The third-order valence-corrected chi connectivity index (χ3v) is 5.86. The molecule has 0 fully saturated rings. The van der Waals surface area contributed by atoms with E-state index in [2.05, 4.69) is 33.4 Å². The number of hydrogen-bond donors (Lipinski definition) is 1. The normalized spacial score (nSPS) is 15.5. The van der Waals surface area contributed by atoms with Gasteiger partial charge in [-0.2, -0.15) is 0 Å². The first-order valence-corrected chi connectivity index (χ1v) is 8.28. The maximum Gasteiger partial charge on any atom is 0.115 e. The summed E-state index contributed by atoms with van der Waals surface area (Å²) in [5, 5.41) is 5.24. The van der Waals surface area contributed by atoms with Gasteiger partial charge >= 0.3 is 0 Å². The van der Waals surface area contributed by atoms with Gasteiger partial charge in [-0.3, -0.25) is 0 Å². The highest BCUT2D eigenvalue weighted by molar-refractivity contribution is 9.10. The molecule has 0 radical (unpaired) electrons. The number of aryl methyl sites for hydroxylation is 2. The molecule has 0 amide bonds. The molecule has 100 valence electrons. The van der Waals surface area contributed by atoms with E-state index in [0.717, 1.165) is 20.9 Å².